The van der Waals surface area contributed by atoms with Gasteiger partial charge in [-0.2, -0.15) is 5.10 Å². The molecule has 1 heterocycles. The van der Waals surface area contributed by atoms with Crippen molar-refractivity contribution < 1.29 is 9.84 Å². The predicted molar refractivity (Wildman–Crippen MR) is 67.2 cm³/mol. The summed E-state index contributed by atoms with van der Waals surface area (Å²) in [6, 6.07) is 0. The van der Waals surface area contributed by atoms with E-state index in [0.29, 0.717) is 30.4 Å². The predicted octanol–water partition coefficient (Wildman–Crippen LogP) is 1.22. The van der Waals surface area contributed by atoms with Gasteiger partial charge in [-0.3, -0.25) is 4.68 Å². The Morgan fingerprint density at radius 2 is 2.41 bits per heavy atom. The molecule has 6 heteroatoms. The lowest BCUT2D eigenvalue weighted by atomic mass is 10.2. The summed E-state index contributed by atoms with van der Waals surface area (Å²) < 4.78 is 6.67. The van der Waals surface area contributed by atoms with Crippen molar-refractivity contribution in [1.82, 2.24) is 15.1 Å². The number of aromatic nitrogens is 2. The molecule has 5 nitrogen and oxygen atoms in total. The van der Waals surface area contributed by atoms with Crippen LogP contribution in [0.4, 0.5) is 0 Å². The van der Waals surface area contributed by atoms with Crippen LogP contribution in [0.2, 0.25) is 5.02 Å². The molecular formula is C11H20ClN3O2. The van der Waals surface area contributed by atoms with E-state index in [1.54, 1.807) is 18.0 Å². The molecule has 0 aromatic carbocycles. The molecule has 0 aliphatic carbocycles. The average molecular weight is 262 g/mol. The van der Waals surface area contributed by atoms with E-state index in [0.717, 1.165) is 13.0 Å². The molecule has 2 N–H and O–H groups in total. The van der Waals surface area contributed by atoms with E-state index >= 15 is 0 Å². The Morgan fingerprint density at radius 3 is 3.06 bits per heavy atom. The highest BCUT2D eigenvalue weighted by molar-refractivity contribution is 6.31. The maximum Gasteiger partial charge on any atom is 0.110 e. The summed E-state index contributed by atoms with van der Waals surface area (Å²) in [5.41, 5.74) is 0.679. The molecule has 1 atom stereocenters. The fraction of sp³-hybridized carbons (Fsp3) is 0.727. The second-order valence-electron chi connectivity index (χ2n) is 3.81. The Labute approximate surface area is 107 Å². The van der Waals surface area contributed by atoms with Crippen molar-refractivity contribution in [3.05, 3.63) is 16.9 Å². The van der Waals surface area contributed by atoms with E-state index in [1.165, 1.54) is 0 Å². The van der Waals surface area contributed by atoms with Gasteiger partial charge in [-0.05, 0) is 6.42 Å². The van der Waals surface area contributed by atoms with Crippen LogP contribution in [0.5, 0.6) is 0 Å². The van der Waals surface area contributed by atoms with Crippen molar-refractivity contribution in [2.24, 2.45) is 0 Å². The van der Waals surface area contributed by atoms with Gasteiger partial charge < -0.3 is 15.2 Å². The molecule has 0 spiro atoms. The van der Waals surface area contributed by atoms with Gasteiger partial charge in [0.2, 0.25) is 0 Å². The molecule has 1 aromatic rings. The maximum atomic E-state index is 10.0. The number of ether oxygens (including phenoxy) is 1. The topological polar surface area (TPSA) is 59.3 Å². The Kier molecular flexibility index (Phi) is 6.50. The number of nitrogens with one attached hydrogen (secondary N) is 1. The van der Waals surface area contributed by atoms with Crippen LogP contribution in [0.15, 0.2) is 6.20 Å². The molecule has 0 amide bonds. The third kappa shape index (κ3) is 4.27. The summed E-state index contributed by atoms with van der Waals surface area (Å²) in [6.45, 7) is 4.58. The van der Waals surface area contributed by atoms with Crippen molar-refractivity contribution >= 4 is 11.6 Å². The molecule has 0 radical (unpaired) electrons. The third-order valence-electron chi connectivity index (χ3n) is 2.40. The van der Waals surface area contributed by atoms with E-state index < -0.39 is 6.10 Å². The quantitative estimate of drug-likeness (QED) is 0.691. The van der Waals surface area contributed by atoms with Gasteiger partial charge in [-0.15, -0.1) is 0 Å². The minimum Gasteiger partial charge on any atom is -0.385 e. The highest BCUT2D eigenvalue weighted by Gasteiger charge is 2.17. The van der Waals surface area contributed by atoms with E-state index in [1.807, 2.05) is 0 Å². The lowest BCUT2D eigenvalue weighted by Crippen LogP contribution is -2.26. The second-order valence-corrected chi connectivity index (χ2v) is 4.22. The third-order valence-corrected chi connectivity index (χ3v) is 2.70. The molecule has 0 saturated carbocycles. The Morgan fingerprint density at radius 1 is 1.65 bits per heavy atom. The van der Waals surface area contributed by atoms with Crippen LogP contribution >= 0.6 is 11.6 Å². The number of aliphatic hydroxyl groups is 1. The van der Waals surface area contributed by atoms with Gasteiger partial charge in [0.25, 0.3) is 0 Å². The first-order chi connectivity index (χ1) is 8.20. The first-order valence-electron chi connectivity index (χ1n) is 5.79. The number of aryl methyl sites for hydroxylation is 1. The van der Waals surface area contributed by atoms with Gasteiger partial charge in [0.1, 0.15) is 6.10 Å². The van der Waals surface area contributed by atoms with Gasteiger partial charge in [0.15, 0.2) is 0 Å². The highest BCUT2D eigenvalue weighted by atomic mass is 35.5. The summed E-state index contributed by atoms with van der Waals surface area (Å²) in [4.78, 5) is 0. The molecule has 0 saturated heterocycles. The molecule has 1 aromatic heterocycles. The monoisotopic (exact) mass is 261 g/mol. The fourth-order valence-electron chi connectivity index (χ4n) is 1.60. The van der Waals surface area contributed by atoms with E-state index in [2.05, 4.69) is 17.3 Å². The molecule has 0 aliphatic heterocycles. The van der Waals surface area contributed by atoms with Crippen molar-refractivity contribution in [3.8, 4) is 0 Å². The fourth-order valence-corrected chi connectivity index (χ4v) is 1.87. The summed E-state index contributed by atoms with van der Waals surface area (Å²) in [7, 11) is 1.64. The summed E-state index contributed by atoms with van der Waals surface area (Å²) >= 11 is 6.02. The van der Waals surface area contributed by atoms with Crippen molar-refractivity contribution in [2.75, 3.05) is 26.8 Å². The van der Waals surface area contributed by atoms with Crippen molar-refractivity contribution in [2.45, 2.75) is 26.0 Å². The smallest absolute Gasteiger partial charge is 0.110 e. The first-order valence-corrected chi connectivity index (χ1v) is 6.17. The lowest BCUT2D eigenvalue weighted by Gasteiger charge is -2.14. The zero-order chi connectivity index (χ0) is 12.7. The first kappa shape index (κ1) is 14.4. The number of halogens is 1. The van der Waals surface area contributed by atoms with Gasteiger partial charge in [0.05, 0.1) is 23.5 Å². The lowest BCUT2D eigenvalue weighted by molar-refractivity contribution is 0.153. The summed E-state index contributed by atoms with van der Waals surface area (Å²) in [5, 5.41) is 17.8. The van der Waals surface area contributed by atoms with Crippen LogP contribution < -0.4 is 5.32 Å². The normalized spacial score (nSPS) is 12.9. The van der Waals surface area contributed by atoms with Gasteiger partial charge in [-0.1, -0.05) is 18.5 Å². The van der Waals surface area contributed by atoms with E-state index in [9.17, 15) is 5.11 Å². The van der Waals surface area contributed by atoms with Crippen LogP contribution in [0.25, 0.3) is 0 Å². The molecular weight excluding hydrogens is 242 g/mol. The second kappa shape index (κ2) is 7.66. The van der Waals surface area contributed by atoms with Crippen LogP contribution in [-0.4, -0.2) is 41.7 Å². The van der Waals surface area contributed by atoms with Crippen LogP contribution in [-0.2, 0) is 11.3 Å². The zero-order valence-corrected chi connectivity index (χ0v) is 11.1. The number of rotatable bonds is 8. The van der Waals surface area contributed by atoms with Gasteiger partial charge in [-0.25, -0.2) is 0 Å². The van der Waals surface area contributed by atoms with Crippen LogP contribution in [0.3, 0.4) is 0 Å². The summed E-state index contributed by atoms with van der Waals surface area (Å²) in [6.07, 6.45) is 1.88. The van der Waals surface area contributed by atoms with Crippen molar-refractivity contribution in [1.29, 1.82) is 0 Å². The van der Waals surface area contributed by atoms with Gasteiger partial charge >= 0.3 is 0 Å². The minimum absolute atomic E-state index is 0.443. The van der Waals surface area contributed by atoms with E-state index in [-0.39, 0.29) is 0 Å². The average Bonchev–Trinajstić information content (AvgIpc) is 2.66. The molecule has 1 unspecified atom stereocenters. The van der Waals surface area contributed by atoms with Crippen LogP contribution in [0.1, 0.15) is 25.1 Å². The van der Waals surface area contributed by atoms with E-state index in [4.69, 9.17) is 16.3 Å². The number of methoxy groups -OCH3 is 1. The Hall–Kier alpha value is -0.620. The zero-order valence-electron chi connectivity index (χ0n) is 10.3. The maximum absolute atomic E-state index is 10.0. The number of aliphatic hydroxyl groups excluding tert-OH is 1. The standard InChI is InChI=1S/C11H20ClN3O2/c1-3-5-15-11(9(12)7-14-15)10(16)8-13-4-6-17-2/h7,10,13,16H,3-6,8H2,1-2H3. The van der Waals surface area contributed by atoms with Gasteiger partial charge in [0, 0.05) is 26.7 Å². The molecule has 0 bridgehead atoms. The number of nitrogens with zero attached hydrogens (tertiary/aromatic N) is 2. The highest BCUT2D eigenvalue weighted by Crippen LogP contribution is 2.22. The number of hydrogen-bond acceptors (Lipinski definition) is 4. The SMILES string of the molecule is CCCn1ncc(Cl)c1C(O)CNCCOC. The number of hydrogen-bond donors (Lipinski definition) is 2. The molecule has 0 aliphatic rings. The molecule has 17 heavy (non-hydrogen) atoms. The summed E-state index contributed by atoms with van der Waals surface area (Å²) in [5.74, 6) is 0. The Balaban J connectivity index is 2.54. The minimum atomic E-state index is -0.645. The molecule has 1 rings (SSSR count). The molecule has 98 valence electrons. The molecule has 0 fully saturated rings. The largest absolute Gasteiger partial charge is 0.385 e. The Bertz CT molecular complexity index is 331. The van der Waals surface area contributed by atoms with Crippen LogP contribution in [0, 0.1) is 0 Å². The van der Waals surface area contributed by atoms with Crippen molar-refractivity contribution in [3.63, 3.8) is 0 Å².